The summed E-state index contributed by atoms with van der Waals surface area (Å²) in [7, 11) is -2.18. The van der Waals surface area contributed by atoms with Gasteiger partial charge in [0.15, 0.2) is 11.5 Å². The largest absolute Gasteiger partial charge is 0.497 e. The monoisotopic (exact) mass is 406 g/mol. The molecule has 0 unspecified atom stereocenters. The van der Waals surface area contributed by atoms with Crippen molar-refractivity contribution in [3.63, 3.8) is 0 Å². The zero-order valence-electron chi connectivity index (χ0n) is 15.8. The number of fused-ring (bicyclic) bond motifs is 1. The van der Waals surface area contributed by atoms with E-state index in [0.717, 1.165) is 10.6 Å². The van der Waals surface area contributed by atoms with Crippen LogP contribution in [0.4, 0.5) is 11.4 Å². The van der Waals surface area contributed by atoms with Crippen LogP contribution in [-0.2, 0) is 14.8 Å². The lowest BCUT2D eigenvalue weighted by atomic mass is 10.2. The molecule has 9 heteroatoms. The van der Waals surface area contributed by atoms with E-state index in [4.69, 9.17) is 14.2 Å². The average Bonchev–Trinajstić information content (AvgIpc) is 2.67. The molecule has 0 bridgehead atoms. The molecule has 1 amide bonds. The first-order valence-electron chi connectivity index (χ1n) is 8.63. The van der Waals surface area contributed by atoms with Crippen molar-refractivity contribution >= 4 is 27.3 Å². The molecule has 8 nitrogen and oxygen atoms in total. The van der Waals surface area contributed by atoms with Gasteiger partial charge in [0.05, 0.1) is 19.1 Å². The molecule has 1 atom stereocenters. The van der Waals surface area contributed by atoms with E-state index in [2.05, 4.69) is 5.32 Å². The van der Waals surface area contributed by atoms with Crippen LogP contribution in [0.15, 0.2) is 42.5 Å². The highest BCUT2D eigenvalue weighted by Crippen LogP contribution is 2.33. The number of hydrogen-bond acceptors (Lipinski definition) is 6. The summed E-state index contributed by atoms with van der Waals surface area (Å²) in [6, 6.07) is 10.5. The topological polar surface area (TPSA) is 94.2 Å². The number of benzene rings is 2. The maximum absolute atomic E-state index is 12.8. The van der Waals surface area contributed by atoms with Crippen molar-refractivity contribution in [3.05, 3.63) is 42.5 Å². The van der Waals surface area contributed by atoms with Crippen molar-refractivity contribution in [1.82, 2.24) is 0 Å². The number of rotatable bonds is 6. The number of hydrogen-bond donors (Lipinski definition) is 1. The quantitative estimate of drug-likeness (QED) is 0.791. The lowest BCUT2D eigenvalue weighted by Crippen LogP contribution is -2.45. The van der Waals surface area contributed by atoms with Crippen LogP contribution < -0.4 is 23.8 Å². The molecule has 0 saturated heterocycles. The maximum Gasteiger partial charge on any atom is 0.247 e. The number of nitrogens with zero attached hydrogens (tertiary/aromatic N) is 1. The predicted octanol–water partition coefficient (Wildman–Crippen LogP) is 2.26. The van der Waals surface area contributed by atoms with E-state index < -0.39 is 22.0 Å². The van der Waals surface area contributed by atoms with Gasteiger partial charge in [-0.3, -0.25) is 9.10 Å². The van der Waals surface area contributed by atoms with Gasteiger partial charge >= 0.3 is 0 Å². The number of anilines is 2. The summed E-state index contributed by atoms with van der Waals surface area (Å²) in [5.41, 5.74) is 0.859. The SMILES string of the molecule is COc1ccc(N([C@@H](C)C(=O)Nc2ccc3c(c2)OCCO3)S(C)(=O)=O)cc1. The molecular weight excluding hydrogens is 384 g/mol. The molecule has 1 heterocycles. The van der Waals surface area contributed by atoms with Gasteiger partial charge in [0.1, 0.15) is 25.0 Å². The Balaban J connectivity index is 1.82. The highest BCUT2D eigenvalue weighted by molar-refractivity contribution is 7.92. The third-order valence-corrected chi connectivity index (χ3v) is 5.47. The van der Waals surface area contributed by atoms with E-state index in [9.17, 15) is 13.2 Å². The first kappa shape index (κ1) is 19.8. The van der Waals surface area contributed by atoms with Crippen molar-refractivity contribution in [3.8, 4) is 17.2 Å². The molecule has 0 fully saturated rings. The lowest BCUT2D eigenvalue weighted by molar-refractivity contribution is -0.116. The van der Waals surface area contributed by atoms with Gasteiger partial charge in [0.2, 0.25) is 15.9 Å². The fourth-order valence-electron chi connectivity index (χ4n) is 2.91. The van der Waals surface area contributed by atoms with E-state index in [-0.39, 0.29) is 0 Å². The van der Waals surface area contributed by atoms with Crippen LogP contribution in [0.1, 0.15) is 6.92 Å². The molecule has 1 N–H and O–H groups in total. The van der Waals surface area contributed by atoms with Gasteiger partial charge in [-0.05, 0) is 43.3 Å². The van der Waals surface area contributed by atoms with Gasteiger partial charge in [0, 0.05) is 11.8 Å². The maximum atomic E-state index is 12.8. The van der Waals surface area contributed by atoms with Gasteiger partial charge in [-0.15, -0.1) is 0 Å². The molecule has 2 aromatic carbocycles. The van der Waals surface area contributed by atoms with Crippen molar-refractivity contribution in [2.24, 2.45) is 0 Å². The Morgan fingerprint density at radius 3 is 2.36 bits per heavy atom. The van der Waals surface area contributed by atoms with Crippen molar-refractivity contribution < 1.29 is 27.4 Å². The second-order valence-corrected chi connectivity index (χ2v) is 8.14. The van der Waals surface area contributed by atoms with Crippen LogP contribution in [0.3, 0.4) is 0 Å². The Labute approximate surface area is 164 Å². The normalized spacial score (nSPS) is 14.1. The Bertz CT molecular complexity index is 959. The molecule has 0 spiro atoms. The molecular formula is C19H22N2O6S. The molecule has 28 heavy (non-hydrogen) atoms. The highest BCUT2D eigenvalue weighted by Gasteiger charge is 2.29. The summed E-state index contributed by atoms with van der Waals surface area (Å²) < 4.78 is 41.8. The fraction of sp³-hybridized carbons (Fsp3) is 0.316. The number of sulfonamides is 1. The van der Waals surface area contributed by atoms with Crippen molar-refractivity contribution in [2.75, 3.05) is 36.2 Å². The molecule has 150 valence electrons. The number of nitrogens with one attached hydrogen (secondary N) is 1. The summed E-state index contributed by atoms with van der Waals surface area (Å²) in [6.07, 6.45) is 1.06. The molecule has 0 aromatic heterocycles. The standard InChI is InChI=1S/C19H22N2O6S/c1-13(21(28(3,23)24)15-5-7-16(25-2)8-6-15)19(22)20-14-4-9-17-18(12-14)27-11-10-26-17/h4-9,12-13H,10-11H2,1-3H3,(H,20,22)/t13-/m0/s1. The highest BCUT2D eigenvalue weighted by atomic mass is 32.2. The predicted molar refractivity (Wildman–Crippen MR) is 106 cm³/mol. The number of methoxy groups -OCH3 is 1. The van der Waals surface area contributed by atoms with E-state index in [1.165, 1.54) is 14.0 Å². The van der Waals surface area contributed by atoms with Crippen LogP contribution >= 0.6 is 0 Å². The van der Waals surface area contributed by atoms with E-state index in [1.54, 1.807) is 42.5 Å². The van der Waals surface area contributed by atoms with Gasteiger partial charge in [-0.25, -0.2) is 8.42 Å². The van der Waals surface area contributed by atoms with Crippen LogP contribution in [0.2, 0.25) is 0 Å². The fourth-order valence-corrected chi connectivity index (χ4v) is 4.08. The third-order valence-electron chi connectivity index (χ3n) is 4.23. The molecule has 1 aliphatic heterocycles. The van der Waals surface area contributed by atoms with Crippen molar-refractivity contribution in [2.45, 2.75) is 13.0 Å². The van der Waals surface area contributed by atoms with Gasteiger partial charge in [-0.1, -0.05) is 0 Å². The van der Waals surface area contributed by atoms with Crippen LogP contribution in [0.25, 0.3) is 0 Å². The number of carbonyl (C=O) groups is 1. The Kier molecular flexibility index (Phi) is 5.64. The molecule has 2 aromatic rings. The van der Waals surface area contributed by atoms with Gasteiger partial charge in [0.25, 0.3) is 0 Å². The first-order chi connectivity index (χ1) is 13.3. The molecule has 3 rings (SSSR count). The van der Waals surface area contributed by atoms with Gasteiger partial charge < -0.3 is 19.5 Å². The molecule has 0 radical (unpaired) electrons. The Hall–Kier alpha value is -2.94. The molecule has 1 aliphatic rings. The van der Waals surface area contributed by atoms with E-state index >= 15 is 0 Å². The second-order valence-electron chi connectivity index (χ2n) is 6.28. The summed E-state index contributed by atoms with van der Waals surface area (Å²) in [5.74, 6) is 1.25. The van der Waals surface area contributed by atoms with Crippen LogP contribution in [-0.4, -0.2) is 46.9 Å². The zero-order chi connectivity index (χ0) is 20.3. The Morgan fingerprint density at radius 2 is 1.75 bits per heavy atom. The van der Waals surface area contributed by atoms with Crippen LogP contribution in [0, 0.1) is 0 Å². The summed E-state index contributed by atoms with van der Waals surface area (Å²) >= 11 is 0. The minimum Gasteiger partial charge on any atom is -0.497 e. The summed E-state index contributed by atoms with van der Waals surface area (Å²) in [6.45, 7) is 2.43. The average molecular weight is 406 g/mol. The smallest absolute Gasteiger partial charge is 0.247 e. The van der Waals surface area contributed by atoms with Crippen LogP contribution in [0.5, 0.6) is 17.2 Å². The Morgan fingerprint density at radius 1 is 1.11 bits per heavy atom. The molecule has 0 aliphatic carbocycles. The summed E-state index contributed by atoms with van der Waals surface area (Å²) in [5, 5.41) is 2.73. The van der Waals surface area contributed by atoms with Crippen molar-refractivity contribution in [1.29, 1.82) is 0 Å². The summed E-state index contributed by atoms with van der Waals surface area (Å²) in [4.78, 5) is 12.8. The number of carbonyl (C=O) groups excluding carboxylic acids is 1. The minimum absolute atomic E-state index is 0.369. The van der Waals surface area contributed by atoms with E-state index in [1.807, 2.05) is 0 Å². The number of ether oxygens (including phenoxy) is 3. The first-order valence-corrected chi connectivity index (χ1v) is 10.5. The molecule has 0 saturated carbocycles. The lowest BCUT2D eigenvalue weighted by Gasteiger charge is -2.28. The van der Waals surface area contributed by atoms with Gasteiger partial charge in [-0.2, -0.15) is 0 Å². The second kappa shape index (κ2) is 7.97. The number of amides is 1. The minimum atomic E-state index is -3.70. The zero-order valence-corrected chi connectivity index (χ0v) is 16.7. The third kappa shape index (κ3) is 4.30. The van der Waals surface area contributed by atoms with E-state index in [0.29, 0.717) is 41.8 Å².